The molecule has 0 unspecified atom stereocenters. The normalized spacial score (nSPS) is 10.6. The maximum atomic E-state index is 12.4. The van der Waals surface area contributed by atoms with Crippen molar-refractivity contribution in [3.8, 4) is 5.75 Å². The molecule has 0 aliphatic carbocycles. The monoisotopic (exact) mass is 352 g/mol. The van der Waals surface area contributed by atoms with E-state index in [4.69, 9.17) is 4.74 Å². The lowest BCUT2D eigenvalue weighted by Crippen LogP contribution is -2.14. The summed E-state index contributed by atoms with van der Waals surface area (Å²) in [6.07, 6.45) is 0. The Labute approximate surface area is 143 Å². The van der Waals surface area contributed by atoms with Gasteiger partial charge in [-0.3, -0.25) is 4.79 Å². The van der Waals surface area contributed by atoms with Gasteiger partial charge in [0.15, 0.2) is 0 Å². The second kappa shape index (κ2) is 7.78. The van der Waals surface area contributed by atoms with Gasteiger partial charge in [0, 0.05) is 11.4 Å². The number of aromatic nitrogens is 1. The molecule has 1 amide bonds. The van der Waals surface area contributed by atoms with E-state index in [0.29, 0.717) is 22.5 Å². The van der Waals surface area contributed by atoms with Crippen molar-refractivity contribution >= 4 is 17.6 Å². The Balaban J connectivity index is 2.16. The van der Waals surface area contributed by atoms with Crippen LogP contribution in [-0.2, 0) is 4.74 Å². The number of anilines is 1. The molecule has 0 saturated heterocycles. The highest BCUT2D eigenvalue weighted by Gasteiger charge is 2.22. The van der Waals surface area contributed by atoms with Crippen LogP contribution in [0.2, 0.25) is 0 Å². The summed E-state index contributed by atoms with van der Waals surface area (Å²) in [7, 11) is 0. The van der Waals surface area contributed by atoms with Gasteiger partial charge in [-0.05, 0) is 50.6 Å². The van der Waals surface area contributed by atoms with Crippen LogP contribution in [0.5, 0.6) is 5.75 Å². The van der Waals surface area contributed by atoms with Crippen LogP contribution in [-0.4, -0.2) is 30.1 Å². The number of ether oxygens (including phenoxy) is 2. The minimum atomic E-state index is -2.91. The number of aryl methyl sites for hydroxylation is 1. The Hall–Kier alpha value is -2.90. The molecule has 0 spiro atoms. The number of esters is 1. The Morgan fingerprint density at radius 3 is 2.40 bits per heavy atom. The molecule has 8 heteroatoms. The molecule has 0 radical (unpaired) electrons. The molecule has 134 valence electrons. The molecule has 25 heavy (non-hydrogen) atoms. The summed E-state index contributed by atoms with van der Waals surface area (Å²) in [5, 5.41) is 2.63. The second-order valence-electron chi connectivity index (χ2n) is 5.20. The second-order valence-corrected chi connectivity index (χ2v) is 5.20. The van der Waals surface area contributed by atoms with Crippen molar-refractivity contribution in [1.29, 1.82) is 0 Å². The van der Waals surface area contributed by atoms with Crippen LogP contribution in [0.25, 0.3) is 0 Å². The zero-order valence-corrected chi connectivity index (χ0v) is 14.0. The van der Waals surface area contributed by atoms with E-state index in [-0.39, 0.29) is 18.1 Å². The summed E-state index contributed by atoms with van der Waals surface area (Å²) in [5.74, 6) is -0.968. The van der Waals surface area contributed by atoms with Gasteiger partial charge in [-0.25, -0.2) is 4.79 Å². The van der Waals surface area contributed by atoms with Crippen LogP contribution >= 0.6 is 0 Å². The van der Waals surface area contributed by atoms with E-state index < -0.39 is 18.5 Å². The topological polar surface area (TPSA) is 80.4 Å². The molecule has 0 saturated carbocycles. The highest BCUT2D eigenvalue weighted by atomic mass is 19.3. The minimum Gasteiger partial charge on any atom is -0.462 e. The molecule has 0 fully saturated rings. The Bertz CT molecular complexity index is 770. The van der Waals surface area contributed by atoms with Gasteiger partial charge in [0.25, 0.3) is 5.91 Å². The molecule has 0 aliphatic heterocycles. The van der Waals surface area contributed by atoms with Gasteiger partial charge in [0.1, 0.15) is 11.4 Å². The van der Waals surface area contributed by atoms with Crippen LogP contribution in [0.3, 0.4) is 0 Å². The van der Waals surface area contributed by atoms with Crippen LogP contribution < -0.4 is 10.1 Å². The van der Waals surface area contributed by atoms with Gasteiger partial charge < -0.3 is 19.8 Å². The van der Waals surface area contributed by atoms with Gasteiger partial charge in [-0.15, -0.1) is 0 Å². The Kier molecular flexibility index (Phi) is 5.74. The average molecular weight is 352 g/mol. The Morgan fingerprint density at radius 1 is 1.20 bits per heavy atom. The van der Waals surface area contributed by atoms with E-state index in [1.807, 2.05) is 0 Å². The van der Waals surface area contributed by atoms with Gasteiger partial charge in [-0.1, -0.05) is 0 Å². The molecule has 2 rings (SSSR count). The fourth-order valence-corrected chi connectivity index (χ4v) is 2.40. The molecule has 0 atom stereocenters. The van der Waals surface area contributed by atoms with Crippen molar-refractivity contribution in [2.45, 2.75) is 27.4 Å². The van der Waals surface area contributed by atoms with Crippen molar-refractivity contribution < 1.29 is 27.8 Å². The number of hydrogen-bond acceptors (Lipinski definition) is 4. The van der Waals surface area contributed by atoms with E-state index >= 15 is 0 Å². The smallest absolute Gasteiger partial charge is 0.387 e. The largest absolute Gasteiger partial charge is 0.462 e. The van der Waals surface area contributed by atoms with Crippen molar-refractivity contribution in [1.82, 2.24) is 4.98 Å². The third-order valence-electron chi connectivity index (χ3n) is 3.48. The van der Waals surface area contributed by atoms with Crippen LogP contribution in [0.1, 0.15) is 39.0 Å². The quantitative estimate of drug-likeness (QED) is 0.778. The van der Waals surface area contributed by atoms with E-state index in [9.17, 15) is 18.4 Å². The molecule has 0 aliphatic rings. The number of halogens is 2. The molecular weight excluding hydrogens is 334 g/mol. The third kappa shape index (κ3) is 4.34. The first-order valence-corrected chi connectivity index (χ1v) is 7.56. The zero-order valence-electron chi connectivity index (χ0n) is 14.0. The van der Waals surface area contributed by atoms with Gasteiger partial charge in [0.05, 0.1) is 12.2 Å². The number of carbonyl (C=O) groups excluding carboxylic acids is 2. The number of hydrogen-bond donors (Lipinski definition) is 2. The third-order valence-corrected chi connectivity index (χ3v) is 3.48. The number of aromatic amines is 1. The SMILES string of the molecule is CCOC(=O)c1c(C)[nH]c(C(=O)Nc2ccc(OC(F)F)cc2)c1C. The average Bonchev–Trinajstić information content (AvgIpc) is 2.84. The van der Waals surface area contributed by atoms with Crippen molar-refractivity contribution in [3.63, 3.8) is 0 Å². The van der Waals surface area contributed by atoms with Crippen molar-refractivity contribution in [3.05, 3.63) is 46.8 Å². The summed E-state index contributed by atoms with van der Waals surface area (Å²) in [6.45, 7) is 2.34. The predicted octanol–water partition coefficient (Wildman–Crippen LogP) is 3.66. The van der Waals surface area contributed by atoms with E-state index in [2.05, 4.69) is 15.0 Å². The summed E-state index contributed by atoms with van der Waals surface area (Å²) in [6, 6.07) is 5.51. The van der Waals surface area contributed by atoms with E-state index in [0.717, 1.165) is 0 Å². The van der Waals surface area contributed by atoms with Gasteiger partial charge in [0.2, 0.25) is 0 Å². The number of carbonyl (C=O) groups is 2. The highest BCUT2D eigenvalue weighted by Crippen LogP contribution is 2.22. The predicted molar refractivity (Wildman–Crippen MR) is 87.3 cm³/mol. The van der Waals surface area contributed by atoms with Crippen LogP contribution in [0, 0.1) is 13.8 Å². The summed E-state index contributed by atoms with van der Waals surface area (Å²) < 4.78 is 33.5. The highest BCUT2D eigenvalue weighted by molar-refractivity contribution is 6.06. The lowest BCUT2D eigenvalue weighted by Gasteiger charge is -2.07. The van der Waals surface area contributed by atoms with Crippen molar-refractivity contribution in [2.75, 3.05) is 11.9 Å². The van der Waals surface area contributed by atoms with E-state index in [1.54, 1.807) is 20.8 Å². The fraction of sp³-hybridized carbons (Fsp3) is 0.294. The Morgan fingerprint density at radius 2 is 1.84 bits per heavy atom. The standard InChI is InChI=1S/C17H18F2N2O4/c1-4-24-16(23)13-9(2)14(20-10(13)3)15(22)21-11-5-7-12(8-6-11)25-17(18)19/h5-8,17,20H,4H2,1-3H3,(H,21,22). The fourth-order valence-electron chi connectivity index (χ4n) is 2.40. The number of nitrogens with one attached hydrogen (secondary N) is 2. The molecule has 6 nitrogen and oxygen atoms in total. The van der Waals surface area contributed by atoms with Crippen LogP contribution in [0.4, 0.5) is 14.5 Å². The molecule has 1 aromatic heterocycles. The first-order valence-electron chi connectivity index (χ1n) is 7.56. The lowest BCUT2D eigenvalue weighted by atomic mass is 10.1. The first-order chi connectivity index (χ1) is 11.8. The number of rotatable bonds is 6. The number of benzene rings is 1. The van der Waals surface area contributed by atoms with Crippen LogP contribution in [0.15, 0.2) is 24.3 Å². The number of H-pyrrole nitrogens is 1. The molecule has 0 bridgehead atoms. The summed E-state index contributed by atoms with van der Waals surface area (Å²) in [5.41, 5.74) is 1.96. The van der Waals surface area contributed by atoms with Gasteiger partial charge >= 0.3 is 12.6 Å². The molecular formula is C17H18F2N2O4. The first kappa shape index (κ1) is 18.4. The molecule has 1 heterocycles. The van der Waals surface area contributed by atoms with Crippen molar-refractivity contribution in [2.24, 2.45) is 0 Å². The maximum Gasteiger partial charge on any atom is 0.387 e. The molecule has 1 aromatic carbocycles. The minimum absolute atomic E-state index is 0.00973. The maximum absolute atomic E-state index is 12.4. The summed E-state index contributed by atoms with van der Waals surface area (Å²) in [4.78, 5) is 27.2. The molecule has 2 aromatic rings. The van der Waals surface area contributed by atoms with E-state index in [1.165, 1.54) is 24.3 Å². The number of alkyl halides is 2. The number of amides is 1. The zero-order chi connectivity index (χ0) is 18.6. The molecule has 2 N–H and O–H groups in total. The summed E-state index contributed by atoms with van der Waals surface area (Å²) >= 11 is 0. The van der Waals surface area contributed by atoms with Gasteiger partial charge in [-0.2, -0.15) is 8.78 Å². The lowest BCUT2D eigenvalue weighted by molar-refractivity contribution is -0.0498.